The fourth-order valence-corrected chi connectivity index (χ4v) is 4.34. The van der Waals surface area contributed by atoms with Crippen molar-refractivity contribution in [1.29, 1.82) is 0 Å². The van der Waals surface area contributed by atoms with Gasteiger partial charge in [0.15, 0.2) is 0 Å². The first-order chi connectivity index (χ1) is 17.7. The molecule has 2 heterocycles. The molecule has 37 heavy (non-hydrogen) atoms. The lowest BCUT2D eigenvalue weighted by atomic mass is 10.1. The molecule has 0 saturated carbocycles. The molecular weight excluding hydrogens is 483 g/mol. The molecule has 1 aliphatic rings. The molecule has 4 nitrogen and oxygen atoms in total. The number of benzene rings is 3. The highest BCUT2D eigenvalue weighted by Gasteiger charge is 2.20. The molecule has 4 aromatic rings. The third-order valence-corrected chi connectivity index (χ3v) is 6.23. The van der Waals surface area contributed by atoms with Crippen LogP contribution in [0.5, 0.6) is 5.75 Å². The van der Waals surface area contributed by atoms with Gasteiger partial charge in [0.25, 0.3) is 0 Å². The Balaban J connectivity index is 0.000000586. The van der Waals surface area contributed by atoms with Crippen molar-refractivity contribution in [3.8, 4) is 17.1 Å². The summed E-state index contributed by atoms with van der Waals surface area (Å²) in [7, 11) is -4.32. The normalized spacial score (nSPS) is 14.0. The van der Waals surface area contributed by atoms with Crippen molar-refractivity contribution in [2.75, 3.05) is 25.1 Å². The van der Waals surface area contributed by atoms with Crippen LogP contribution in [0.15, 0.2) is 77.2 Å². The molecule has 0 unspecified atom stereocenters. The molecule has 0 radical (unpaired) electrons. The molecule has 194 valence electrons. The molecule has 9 heteroatoms. The van der Waals surface area contributed by atoms with Crippen molar-refractivity contribution in [3.63, 3.8) is 0 Å². The second-order valence-corrected chi connectivity index (χ2v) is 8.80. The van der Waals surface area contributed by atoms with Crippen LogP contribution in [0.25, 0.3) is 22.3 Å². The van der Waals surface area contributed by atoms with Gasteiger partial charge in [0.2, 0.25) is 11.0 Å². The number of anilines is 1. The summed E-state index contributed by atoms with van der Waals surface area (Å²) in [5, 5.41) is 2.13. The lowest BCUT2D eigenvalue weighted by Gasteiger charge is -2.16. The number of fused-ring (bicyclic) bond motifs is 1. The number of hydrogen-bond acceptors (Lipinski definition) is 3. The summed E-state index contributed by atoms with van der Waals surface area (Å²) >= 11 is 0. The van der Waals surface area contributed by atoms with Crippen LogP contribution in [0.3, 0.4) is 0 Å². The second-order valence-electron chi connectivity index (χ2n) is 8.80. The van der Waals surface area contributed by atoms with Gasteiger partial charge in [0.05, 0.1) is 18.6 Å². The molecule has 0 spiro atoms. The van der Waals surface area contributed by atoms with Gasteiger partial charge < -0.3 is 31.3 Å². The van der Waals surface area contributed by atoms with E-state index in [1.54, 1.807) is 7.11 Å². The molecular formula is C28H29BF4N2O2. The Labute approximate surface area is 213 Å². The summed E-state index contributed by atoms with van der Waals surface area (Å²) in [6, 6.07) is 25.3. The summed E-state index contributed by atoms with van der Waals surface area (Å²) in [6.45, 7) is 4.49. The first-order valence-electron chi connectivity index (χ1n) is 12.3. The monoisotopic (exact) mass is 512 g/mol. The van der Waals surface area contributed by atoms with Gasteiger partial charge >= 0.3 is 7.25 Å². The van der Waals surface area contributed by atoms with Crippen molar-refractivity contribution in [2.24, 2.45) is 0 Å². The number of methoxy groups -OCH3 is 1. The van der Waals surface area contributed by atoms with Gasteiger partial charge in [-0.25, -0.2) is 4.99 Å². The topological polar surface area (TPSA) is 39.6 Å². The van der Waals surface area contributed by atoms with E-state index in [-0.39, 0.29) is 0 Å². The Morgan fingerprint density at radius 2 is 1.54 bits per heavy atom. The standard InChI is InChI=1S/C28H28N2O2.BF4/c1-3-20-6-15-27-25(18-20)26(19-28(32-27)21-7-13-24(31-2)14-8-21)29-22-9-11-23(12-10-22)30-16-4-5-17-30;2-1(3,4)5/h6-15,18-19H,3-5,16-17H2,1-2H3;/q;-1/p+1. The maximum atomic E-state index is 9.75. The molecule has 1 saturated heterocycles. The summed E-state index contributed by atoms with van der Waals surface area (Å²) in [5.41, 5.74) is 5.54. The molecule has 1 aromatic heterocycles. The van der Waals surface area contributed by atoms with Gasteiger partial charge in [0, 0.05) is 36.5 Å². The fraction of sp³-hybridized carbons (Fsp3) is 0.250. The van der Waals surface area contributed by atoms with Crippen LogP contribution >= 0.6 is 0 Å². The number of nitrogens with one attached hydrogen (secondary N) is 1. The van der Waals surface area contributed by atoms with E-state index < -0.39 is 7.25 Å². The van der Waals surface area contributed by atoms with E-state index in [4.69, 9.17) is 9.15 Å². The van der Waals surface area contributed by atoms with E-state index in [0.29, 0.717) is 0 Å². The Kier molecular flexibility index (Phi) is 8.21. The number of nitrogens with zero attached hydrogens (tertiary/aromatic N) is 1. The quantitative estimate of drug-likeness (QED) is 0.268. The minimum absolute atomic E-state index is 0.820. The zero-order valence-electron chi connectivity index (χ0n) is 20.8. The maximum Gasteiger partial charge on any atom is 0.673 e. The average Bonchev–Trinajstić information content (AvgIpc) is 3.43. The minimum atomic E-state index is -6.00. The van der Waals surface area contributed by atoms with Gasteiger partial charge in [0.1, 0.15) is 17.1 Å². The summed E-state index contributed by atoms with van der Waals surface area (Å²) in [6.07, 6.45) is 3.56. The Morgan fingerprint density at radius 1 is 0.892 bits per heavy atom. The summed E-state index contributed by atoms with van der Waals surface area (Å²) in [5.74, 6) is 1.65. The third-order valence-electron chi connectivity index (χ3n) is 6.23. The second kappa shape index (κ2) is 11.5. The maximum absolute atomic E-state index is 9.75. The molecule has 0 atom stereocenters. The number of hydrogen-bond donors (Lipinski definition) is 1. The van der Waals surface area contributed by atoms with E-state index in [1.165, 1.54) is 24.1 Å². The van der Waals surface area contributed by atoms with Crippen LogP contribution in [0, 0.1) is 0 Å². The molecule has 3 aromatic carbocycles. The van der Waals surface area contributed by atoms with Crippen molar-refractivity contribution in [2.45, 2.75) is 26.2 Å². The number of aryl methyl sites for hydroxylation is 1. The zero-order valence-corrected chi connectivity index (χ0v) is 20.8. The molecule has 1 fully saturated rings. The van der Waals surface area contributed by atoms with E-state index in [1.807, 2.05) is 24.3 Å². The summed E-state index contributed by atoms with van der Waals surface area (Å²) < 4.78 is 50.6. The molecule has 5 rings (SSSR count). The van der Waals surface area contributed by atoms with Crippen LogP contribution in [-0.4, -0.2) is 27.5 Å². The van der Waals surface area contributed by atoms with Crippen LogP contribution in [0.2, 0.25) is 0 Å². The van der Waals surface area contributed by atoms with Crippen LogP contribution in [0.4, 0.5) is 28.6 Å². The van der Waals surface area contributed by atoms with Crippen molar-refractivity contribution < 1.29 is 31.4 Å². The average molecular weight is 512 g/mol. The van der Waals surface area contributed by atoms with E-state index >= 15 is 0 Å². The Hall–Kier alpha value is -3.75. The van der Waals surface area contributed by atoms with Gasteiger partial charge in [-0.15, -0.1) is 0 Å². The van der Waals surface area contributed by atoms with Gasteiger partial charge in [-0.2, -0.15) is 0 Å². The number of rotatable bonds is 5. The molecule has 0 bridgehead atoms. The SMILES string of the molecule is CCc1ccc2oc(-c3ccc(OC)cc3)cc(=[NH+]c3ccc(N4CCCC4)cc3)c2c1.F[B-](F)(F)F. The Morgan fingerprint density at radius 3 is 2.14 bits per heavy atom. The lowest BCUT2D eigenvalue weighted by molar-refractivity contribution is -0.400. The van der Waals surface area contributed by atoms with Crippen molar-refractivity contribution >= 4 is 29.6 Å². The zero-order chi connectivity index (χ0) is 26.4. The highest BCUT2D eigenvalue weighted by molar-refractivity contribution is 6.50. The van der Waals surface area contributed by atoms with Crippen molar-refractivity contribution in [3.05, 3.63) is 83.7 Å². The molecule has 1 N–H and O–H groups in total. The first kappa shape index (κ1) is 26.3. The van der Waals surface area contributed by atoms with Crippen LogP contribution in [0.1, 0.15) is 25.3 Å². The van der Waals surface area contributed by atoms with Crippen LogP contribution in [-0.2, 0) is 6.42 Å². The highest BCUT2D eigenvalue weighted by atomic mass is 19.5. The van der Waals surface area contributed by atoms with Gasteiger partial charge in [-0.05, 0) is 73.4 Å². The smallest absolute Gasteiger partial charge is 0.497 e. The lowest BCUT2D eigenvalue weighted by Crippen LogP contribution is -2.70. The molecule has 0 amide bonds. The van der Waals surface area contributed by atoms with Crippen LogP contribution < -0.4 is 20.0 Å². The molecule has 0 aliphatic carbocycles. The predicted molar refractivity (Wildman–Crippen MR) is 139 cm³/mol. The largest absolute Gasteiger partial charge is 0.673 e. The van der Waals surface area contributed by atoms with E-state index in [0.717, 1.165) is 58.6 Å². The highest BCUT2D eigenvalue weighted by Crippen LogP contribution is 2.25. The minimum Gasteiger partial charge on any atom is -0.497 e. The number of ether oxygens (including phenoxy) is 1. The Bertz CT molecular complexity index is 1390. The third kappa shape index (κ3) is 7.15. The van der Waals surface area contributed by atoms with E-state index in [9.17, 15) is 17.3 Å². The predicted octanol–water partition coefficient (Wildman–Crippen LogP) is 5.88. The van der Waals surface area contributed by atoms with Gasteiger partial charge in [-0.3, -0.25) is 0 Å². The number of halogens is 4. The van der Waals surface area contributed by atoms with Crippen molar-refractivity contribution in [1.82, 2.24) is 0 Å². The summed E-state index contributed by atoms with van der Waals surface area (Å²) in [4.78, 5) is 6.10. The first-order valence-corrected chi connectivity index (χ1v) is 12.3. The fourth-order valence-electron chi connectivity index (χ4n) is 4.34. The van der Waals surface area contributed by atoms with E-state index in [2.05, 4.69) is 65.3 Å². The van der Waals surface area contributed by atoms with Gasteiger partial charge in [-0.1, -0.05) is 13.0 Å². The molecule has 1 aliphatic heterocycles.